The Morgan fingerprint density at radius 3 is 3.07 bits per heavy atom. The first kappa shape index (κ1) is 10.7. The molecule has 14 heavy (non-hydrogen) atoms. The smallest absolute Gasteiger partial charge is 0.357 e. The Hall–Kier alpha value is -1.35. The second-order valence-electron chi connectivity index (χ2n) is 2.41. The van der Waals surface area contributed by atoms with E-state index < -0.39 is 5.97 Å². The minimum absolute atomic E-state index is 0.149. The van der Waals surface area contributed by atoms with E-state index in [-0.39, 0.29) is 12.1 Å². The third-order valence-corrected chi connectivity index (χ3v) is 2.36. The molecule has 0 aliphatic heterocycles. The zero-order chi connectivity index (χ0) is 10.6. The number of hydrogen-bond donors (Lipinski definition) is 1. The van der Waals surface area contributed by atoms with Gasteiger partial charge in [-0.2, -0.15) is 10.4 Å². The van der Waals surface area contributed by atoms with Crippen molar-refractivity contribution in [3.05, 3.63) is 15.9 Å². The standard InChI is InChI=1S/C8H8BrN3O2/c1-2-14-8(13)7-6(9)5(3-4-10)11-12-7/h2-3H2,1H3,(H,11,12). The molecular weight excluding hydrogens is 250 g/mol. The number of rotatable bonds is 3. The highest BCUT2D eigenvalue weighted by Crippen LogP contribution is 2.19. The fourth-order valence-electron chi connectivity index (χ4n) is 0.896. The lowest BCUT2D eigenvalue weighted by molar-refractivity contribution is 0.0518. The van der Waals surface area contributed by atoms with Crippen LogP contribution in [0.15, 0.2) is 4.47 Å². The maximum absolute atomic E-state index is 11.3. The number of carbonyl (C=O) groups is 1. The zero-order valence-electron chi connectivity index (χ0n) is 7.50. The van der Waals surface area contributed by atoms with Gasteiger partial charge in [-0.05, 0) is 22.9 Å². The average Bonchev–Trinajstić information content (AvgIpc) is 2.49. The summed E-state index contributed by atoms with van der Waals surface area (Å²) in [5.41, 5.74) is 0.757. The normalized spacial score (nSPS) is 9.50. The van der Waals surface area contributed by atoms with Gasteiger partial charge >= 0.3 is 5.97 Å². The molecule has 0 fully saturated rings. The average molecular weight is 258 g/mol. The van der Waals surface area contributed by atoms with E-state index in [1.165, 1.54) is 0 Å². The number of H-pyrrole nitrogens is 1. The Morgan fingerprint density at radius 2 is 2.50 bits per heavy atom. The van der Waals surface area contributed by atoms with Crippen molar-refractivity contribution >= 4 is 21.9 Å². The summed E-state index contributed by atoms with van der Waals surface area (Å²) < 4.78 is 5.27. The molecule has 0 aromatic carbocycles. The molecule has 0 aliphatic rings. The Balaban J connectivity index is 2.90. The van der Waals surface area contributed by atoms with Crippen LogP contribution >= 0.6 is 15.9 Å². The van der Waals surface area contributed by atoms with Gasteiger partial charge < -0.3 is 4.74 Å². The highest BCUT2D eigenvalue weighted by molar-refractivity contribution is 9.10. The Morgan fingerprint density at radius 1 is 1.79 bits per heavy atom. The SMILES string of the molecule is CCOC(=O)c1[nH]nc(CC#N)c1Br. The molecule has 5 nitrogen and oxygen atoms in total. The quantitative estimate of drug-likeness (QED) is 0.831. The number of nitrogens with one attached hydrogen (secondary N) is 1. The monoisotopic (exact) mass is 257 g/mol. The van der Waals surface area contributed by atoms with Gasteiger partial charge in [0.2, 0.25) is 0 Å². The molecule has 1 N–H and O–H groups in total. The van der Waals surface area contributed by atoms with E-state index in [9.17, 15) is 4.79 Å². The predicted octanol–water partition coefficient (Wildman–Crippen LogP) is 1.41. The molecule has 74 valence electrons. The summed E-state index contributed by atoms with van der Waals surface area (Å²) in [6.45, 7) is 2.02. The number of carbonyl (C=O) groups excluding carboxylic acids is 1. The predicted molar refractivity (Wildman–Crippen MR) is 51.6 cm³/mol. The number of nitrogens with zero attached hydrogens (tertiary/aromatic N) is 2. The lowest BCUT2D eigenvalue weighted by atomic mass is 10.3. The van der Waals surface area contributed by atoms with E-state index in [1.54, 1.807) is 6.92 Å². The second-order valence-corrected chi connectivity index (χ2v) is 3.21. The van der Waals surface area contributed by atoms with Gasteiger partial charge in [-0.3, -0.25) is 5.10 Å². The molecule has 0 saturated carbocycles. The van der Waals surface area contributed by atoms with E-state index in [2.05, 4.69) is 26.1 Å². The van der Waals surface area contributed by atoms with E-state index in [4.69, 9.17) is 10.00 Å². The van der Waals surface area contributed by atoms with Crippen molar-refractivity contribution in [1.29, 1.82) is 5.26 Å². The van der Waals surface area contributed by atoms with Crippen LogP contribution in [0.5, 0.6) is 0 Å². The van der Waals surface area contributed by atoms with Gasteiger partial charge in [0, 0.05) is 0 Å². The summed E-state index contributed by atoms with van der Waals surface area (Å²) in [5, 5.41) is 14.8. The van der Waals surface area contributed by atoms with Crippen molar-refractivity contribution in [2.75, 3.05) is 6.61 Å². The van der Waals surface area contributed by atoms with Crippen LogP contribution in [0.3, 0.4) is 0 Å². The van der Waals surface area contributed by atoms with Crippen molar-refractivity contribution in [2.45, 2.75) is 13.3 Å². The van der Waals surface area contributed by atoms with Crippen molar-refractivity contribution in [2.24, 2.45) is 0 Å². The molecule has 0 atom stereocenters. The molecule has 0 aliphatic carbocycles. The fourth-order valence-corrected chi connectivity index (χ4v) is 1.38. The minimum Gasteiger partial charge on any atom is -0.461 e. The number of hydrogen-bond acceptors (Lipinski definition) is 4. The van der Waals surface area contributed by atoms with Crippen molar-refractivity contribution < 1.29 is 9.53 Å². The first-order valence-corrected chi connectivity index (χ1v) is 4.76. The van der Waals surface area contributed by atoms with Crippen LogP contribution in [0.2, 0.25) is 0 Å². The second kappa shape index (κ2) is 4.77. The molecule has 1 rings (SSSR count). The van der Waals surface area contributed by atoms with Gasteiger partial charge in [-0.25, -0.2) is 4.79 Å². The molecular formula is C8H8BrN3O2. The summed E-state index contributed by atoms with van der Waals surface area (Å²) in [6, 6.07) is 1.94. The maximum Gasteiger partial charge on any atom is 0.357 e. The van der Waals surface area contributed by atoms with E-state index in [0.29, 0.717) is 16.8 Å². The minimum atomic E-state index is -0.476. The first-order chi connectivity index (χ1) is 6.70. The molecule has 1 aromatic rings. The van der Waals surface area contributed by atoms with Crippen LogP contribution in [-0.4, -0.2) is 22.8 Å². The lowest BCUT2D eigenvalue weighted by Crippen LogP contribution is -2.05. The van der Waals surface area contributed by atoms with Gasteiger partial charge in [-0.1, -0.05) is 0 Å². The number of ether oxygens (including phenoxy) is 1. The van der Waals surface area contributed by atoms with E-state index in [0.717, 1.165) is 0 Å². The summed E-state index contributed by atoms with van der Waals surface area (Å²) in [6.07, 6.45) is 0.149. The Labute approximate surface area is 89.2 Å². The summed E-state index contributed by atoms with van der Waals surface area (Å²) in [5.74, 6) is -0.476. The first-order valence-electron chi connectivity index (χ1n) is 3.97. The summed E-state index contributed by atoms with van der Waals surface area (Å²) in [4.78, 5) is 11.3. The van der Waals surface area contributed by atoms with Gasteiger partial charge in [0.1, 0.15) is 0 Å². The zero-order valence-corrected chi connectivity index (χ0v) is 9.09. The van der Waals surface area contributed by atoms with Crippen LogP contribution in [0, 0.1) is 11.3 Å². The highest BCUT2D eigenvalue weighted by Gasteiger charge is 2.17. The molecule has 0 spiro atoms. The fraction of sp³-hybridized carbons (Fsp3) is 0.375. The van der Waals surface area contributed by atoms with Gasteiger partial charge in [0.25, 0.3) is 0 Å². The molecule has 0 bridgehead atoms. The maximum atomic E-state index is 11.3. The van der Waals surface area contributed by atoms with Crippen LogP contribution in [-0.2, 0) is 11.2 Å². The third kappa shape index (κ3) is 2.12. The van der Waals surface area contributed by atoms with Crippen molar-refractivity contribution in [3.8, 4) is 6.07 Å². The summed E-state index contributed by atoms with van der Waals surface area (Å²) in [7, 11) is 0. The Bertz CT molecular complexity index is 380. The molecule has 0 radical (unpaired) electrons. The number of aromatic amines is 1. The van der Waals surface area contributed by atoms with Crippen molar-refractivity contribution in [1.82, 2.24) is 10.2 Å². The molecule has 1 heterocycles. The molecule has 1 aromatic heterocycles. The van der Waals surface area contributed by atoms with Gasteiger partial charge in [0.05, 0.1) is 29.3 Å². The summed E-state index contributed by atoms with van der Waals surface area (Å²) >= 11 is 3.18. The van der Waals surface area contributed by atoms with Crippen LogP contribution in [0.1, 0.15) is 23.1 Å². The largest absolute Gasteiger partial charge is 0.461 e. The molecule has 0 saturated heterocycles. The Kier molecular flexibility index (Phi) is 3.65. The van der Waals surface area contributed by atoms with Crippen LogP contribution in [0.25, 0.3) is 0 Å². The van der Waals surface area contributed by atoms with E-state index >= 15 is 0 Å². The van der Waals surface area contributed by atoms with Crippen LogP contribution in [0.4, 0.5) is 0 Å². The topological polar surface area (TPSA) is 78.8 Å². The van der Waals surface area contributed by atoms with Gasteiger partial charge in [0.15, 0.2) is 5.69 Å². The highest BCUT2D eigenvalue weighted by atomic mass is 79.9. The van der Waals surface area contributed by atoms with Crippen molar-refractivity contribution in [3.63, 3.8) is 0 Å². The van der Waals surface area contributed by atoms with Gasteiger partial charge in [-0.15, -0.1) is 0 Å². The van der Waals surface area contributed by atoms with E-state index in [1.807, 2.05) is 6.07 Å². The number of halogens is 1. The number of esters is 1. The number of nitriles is 1. The lowest BCUT2D eigenvalue weighted by Gasteiger charge is -1.98. The number of aromatic nitrogens is 2. The molecule has 0 unspecified atom stereocenters. The third-order valence-electron chi connectivity index (χ3n) is 1.50. The molecule has 6 heteroatoms. The molecule has 0 amide bonds. The van der Waals surface area contributed by atoms with Crippen LogP contribution < -0.4 is 0 Å².